The van der Waals surface area contributed by atoms with Gasteiger partial charge in [0.1, 0.15) is 0 Å². The Labute approximate surface area is 101 Å². The van der Waals surface area contributed by atoms with Gasteiger partial charge in [0, 0.05) is 0 Å². The third-order valence-electron chi connectivity index (χ3n) is 4.19. The molecule has 2 heteroatoms. The van der Waals surface area contributed by atoms with Crippen LogP contribution in [0.5, 0.6) is 0 Å². The van der Waals surface area contributed by atoms with Crippen molar-refractivity contribution in [2.24, 2.45) is 5.41 Å². The molecule has 16 heavy (non-hydrogen) atoms. The Bertz CT molecular complexity index is 133. The van der Waals surface area contributed by atoms with Gasteiger partial charge in [-0.25, -0.2) is 4.89 Å². The Hall–Kier alpha value is -0.0800. The third kappa shape index (κ3) is 6.49. The maximum atomic E-state index is 8.17. The van der Waals surface area contributed by atoms with E-state index in [1.54, 1.807) is 0 Å². The number of unbranched alkanes of at least 4 members (excludes halogenated alkanes) is 4. The van der Waals surface area contributed by atoms with Crippen molar-refractivity contribution >= 4 is 0 Å². The summed E-state index contributed by atoms with van der Waals surface area (Å²) in [6.45, 7) is 7.46. The molecule has 0 aromatic carbocycles. The first kappa shape index (κ1) is 15.9. The zero-order valence-electron chi connectivity index (χ0n) is 11.4. The van der Waals surface area contributed by atoms with Crippen LogP contribution in [0.3, 0.4) is 0 Å². The fourth-order valence-electron chi connectivity index (χ4n) is 2.48. The van der Waals surface area contributed by atoms with Crippen molar-refractivity contribution in [1.29, 1.82) is 0 Å². The van der Waals surface area contributed by atoms with Gasteiger partial charge in [0.15, 0.2) is 0 Å². The summed E-state index contributed by atoms with van der Waals surface area (Å²) in [5.74, 6) is 0. The molecule has 98 valence electrons. The van der Waals surface area contributed by atoms with Gasteiger partial charge in [0.25, 0.3) is 0 Å². The topological polar surface area (TPSA) is 29.5 Å². The van der Waals surface area contributed by atoms with Crippen LogP contribution in [0.2, 0.25) is 0 Å². The van der Waals surface area contributed by atoms with Crippen LogP contribution in [-0.4, -0.2) is 11.9 Å². The molecule has 0 saturated heterocycles. The van der Waals surface area contributed by atoms with Gasteiger partial charge in [-0.3, -0.25) is 5.26 Å². The normalized spacial score (nSPS) is 12.0. The number of hydrogen-bond donors (Lipinski definition) is 1. The van der Waals surface area contributed by atoms with Gasteiger partial charge < -0.3 is 0 Å². The van der Waals surface area contributed by atoms with Gasteiger partial charge in [-0.1, -0.05) is 65.7 Å². The highest BCUT2D eigenvalue weighted by Gasteiger charge is 2.22. The molecular formula is C14H30O2. The van der Waals surface area contributed by atoms with Crippen molar-refractivity contribution in [1.82, 2.24) is 0 Å². The number of rotatable bonds is 11. The van der Waals surface area contributed by atoms with E-state index in [4.69, 9.17) is 5.26 Å². The van der Waals surface area contributed by atoms with Crippen LogP contribution in [0.1, 0.15) is 78.6 Å². The van der Waals surface area contributed by atoms with Crippen LogP contribution in [0.4, 0.5) is 0 Å². The first-order valence-corrected chi connectivity index (χ1v) is 7.01. The molecule has 0 bridgehead atoms. The first-order valence-electron chi connectivity index (χ1n) is 7.01. The summed E-state index contributed by atoms with van der Waals surface area (Å²) in [6.07, 6.45) is 11.5. The van der Waals surface area contributed by atoms with Crippen molar-refractivity contribution in [3.8, 4) is 0 Å². The molecule has 0 aromatic rings. The van der Waals surface area contributed by atoms with Crippen LogP contribution in [0, 0.1) is 5.41 Å². The molecule has 0 aromatic heterocycles. The lowest BCUT2D eigenvalue weighted by atomic mass is 9.75. The lowest BCUT2D eigenvalue weighted by Crippen LogP contribution is -2.17. The molecule has 0 atom stereocenters. The predicted molar refractivity (Wildman–Crippen MR) is 69.6 cm³/mol. The average molecular weight is 230 g/mol. The van der Waals surface area contributed by atoms with Crippen molar-refractivity contribution in [3.63, 3.8) is 0 Å². The lowest BCUT2D eigenvalue weighted by molar-refractivity contribution is -0.242. The second-order valence-corrected chi connectivity index (χ2v) is 4.91. The van der Waals surface area contributed by atoms with Crippen LogP contribution in [-0.2, 0) is 4.89 Å². The molecule has 0 fully saturated rings. The van der Waals surface area contributed by atoms with Crippen LogP contribution in [0.25, 0.3) is 0 Å². The monoisotopic (exact) mass is 230 g/mol. The maximum absolute atomic E-state index is 8.17. The Morgan fingerprint density at radius 2 is 1.31 bits per heavy atom. The highest BCUT2D eigenvalue weighted by Crippen LogP contribution is 2.36. The summed E-state index contributed by atoms with van der Waals surface area (Å²) >= 11 is 0. The van der Waals surface area contributed by atoms with Gasteiger partial charge >= 0.3 is 0 Å². The minimum absolute atomic E-state index is 0.489. The Morgan fingerprint density at radius 1 is 0.812 bits per heavy atom. The lowest BCUT2D eigenvalue weighted by Gasteiger charge is -2.30. The largest absolute Gasteiger partial charge is 0.252 e. The van der Waals surface area contributed by atoms with E-state index in [9.17, 15) is 0 Å². The van der Waals surface area contributed by atoms with Gasteiger partial charge in [0.2, 0.25) is 0 Å². The van der Waals surface area contributed by atoms with Gasteiger partial charge in [-0.2, -0.15) is 0 Å². The molecule has 0 aliphatic heterocycles. The molecule has 0 amide bonds. The molecule has 0 radical (unpaired) electrons. The van der Waals surface area contributed by atoms with E-state index in [1.165, 1.54) is 51.4 Å². The van der Waals surface area contributed by atoms with Crippen molar-refractivity contribution in [2.45, 2.75) is 78.6 Å². The average Bonchev–Trinajstić information content (AvgIpc) is 2.34. The zero-order valence-corrected chi connectivity index (χ0v) is 11.4. The molecule has 0 heterocycles. The quantitative estimate of drug-likeness (QED) is 0.306. The molecule has 0 unspecified atom stereocenters. The maximum Gasteiger partial charge on any atom is 0.0819 e. The molecule has 0 saturated carbocycles. The Morgan fingerprint density at radius 3 is 1.81 bits per heavy atom. The third-order valence-corrected chi connectivity index (χ3v) is 4.19. The number of hydrogen-bond acceptors (Lipinski definition) is 2. The molecular weight excluding hydrogens is 200 g/mol. The first-order chi connectivity index (χ1) is 7.74. The summed E-state index contributed by atoms with van der Waals surface area (Å²) < 4.78 is 0. The molecule has 0 rings (SSSR count). The summed E-state index contributed by atoms with van der Waals surface area (Å²) in [5.41, 5.74) is 0.605. The van der Waals surface area contributed by atoms with E-state index in [2.05, 4.69) is 25.7 Å². The second-order valence-electron chi connectivity index (χ2n) is 4.91. The van der Waals surface area contributed by atoms with E-state index in [-0.39, 0.29) is 0 Å². The SMILES string of the molecule is CCC(CC)(CC)CCCCCCCOO. The Balaban J connectivity index is 3.48. The van der Waals surface area contributed by atoms with E-state index in [0.29, 0.717) is 12.0 Å². The van der Waals surface area contributed by atoms with Gasteiger partial charge in [-0.15, -0.1) is 0 Å². The van der Waals surface area contributed by atoms with E-state index < -0.39 is 0 Å². The van der Waals surface area contributed by atoms with Crippen molar-refractivity contribution < 1.29 is 10.1 Å². The molecule has 1 N–H and O–H groups in total. The molecule has 0 aliphatic carbocycles. The van der Waals surface area contributed by atoms with Gasteiger partial charge in [-0.05, 0) is 18.3 Å². The van der Waals surface area contributed by atoms with E-state index in [1.807, 2.05) is 0 Å². The van der Waals surface area contributed by atoms with Crippen molar-refractivity contribution in [2.75, 3.05) is 6.61 Å². The van der Waals surface area contributed by atoms with Gasteiger partial charge in [0.05, 0.1) is 6.61 Å². The predicted octanol–water partition coefficient (Wildman–Crippen LogP) is 5.03. The molecule has 0 spiro atoms. The Kier molecular flexibility index (Phi) is 10.0. The van der Waals surface area contributed by atoms with Crippen LogP contribution >= 0.6 is 0 Å². The molecule has 2 nitrogen and oxygen atoms in total. The standard InChI is InChI=1S/C14H30O2/c1-4-14(5-2,6-3)12-10-8-7-9-11-13-16-15/h15H,4-13H2,1-3H3. The molecule has 0 aliphatic rings. The van der Waals surface area contributed by atoms with Crippen LogP contribution in [0.15, 0.2) is 0 Å². The fraction of sp³-hybridized carbons (Fsp3) is 1.00. The highest BCUT2D eigenvalue weighted by atomic mass is 17.1. The van der Waals surface area contributed by atoms with Crippen LogP contribution < -0.4 is 0 Å². The fourth-order valence-corrected chi connectivity index (χ4v) is 2.48. The second kappa shape index (κ2) is 10.1. The summed E-state index contributed by atoms with van der Waals surface area (Å²) in [5, 5.41) is 8.17. The minimum atomic E-state index is 0.489. The highest BCUT2D eigenvalue weighted by molar-refractivity contribution is 4.74. The van der Waals surface area contributed by atoms with Crippen molar-refractivity contribution in [3.05, 3.63) is 0 Å². The van der Waals surface area contributed by atoms with E-state index >= 15 is 0 Å². The summed E-state index contributed by atoms with van der Waals surface area (Å²) in [6, 6.07) is 0. The summed E-state index contributed by atoms with van der Waals surface area (Å²) in [7, 11) is 0. The minimum Gasteiger partial charge on any atom is -0.252 e. The summed E-state index contributed by atoms with van der Waals surface area (Å²) in [4.78, 5) is 4.05. The van der Waals surface area contributed by atoms with E-state index in [0.717, 1.165) is 6.42 Å². The smallest absolute Gasteiger partial charge is 0.0819 e. The zero-order chi connectivity index (χ0) is 12.3.